The molecule has 2 aliphatic heterocycles. The van der Waals surface area contributed by atoms with Crippen molar-refractivity contribution >= 4 is 11.8 Å². The third kappa shape index (κ3) is 1.81. The van der Waals surface area contributed by atoms with Gasteiger partial charge in [-0.2, -0.15) is 0 Å². The van der Waals surface area contributed by atoms with Crippen LogP contribution in [0.1, 0.15) is 39.0 Å². The first-order valence-corrected chi connectivity index (χ1v) is 7.33. The van der Waals surface area contributed by atoms with E-state index in [2.05, 4.69) is 0 Å². The monoisotopic (exact) mass is 293 g/mol. The average molecular weight is 293 g/mol. The van der Waals surface area contributed by atoms with Gasteiger partial charge in [0.15, 0.2) is 5.78 Å². The Morgan fingerprint density at radius 3 is 2.45 bits per heavy atom. The van der Waals surface area contributed by atoms with Crippen LogP contribution in [0.25, 0.3) is 0 Å². The highest BCUT2D eigenvalue weighted by Gasteiger charge is 2.44. The Balaban J connectivity index is 1.94. The Morgan fingerprint density at radius 2 is 1.68 bits per heavy atom. The zero-order valence-corrected chi connectivity index (χ0v) is 11.9. The standard InChI is InChI=1S/C18H15NO3/c20-15-10-19-9-11-5-1-2-6-12(11)16(18(21)22)17(19)14-8-4-3-7-13(14)15/h1-8,16-17H,9-10H2,(H,21,22)/t16-,17?/m0/s1. The highest BCUT2D eigenvalue weighted by atomic mass is 16.4. The van der Waals surface area contributed by atoms with Crippen LogP contribution in [-0.2, 0) is 11.3 Å². The molecular weight excluding hydrogens is 278 g/mol. The summed E-state index contributed by atoms with van der Waals surface area (Å²) in [6.45, 7) is 0.893. The number of fused-ring (bicyclic) bond motifs is 4. The molecule has 2 aromatic rings. The van der Waals surface area contributed by atoms with Crippen molar-refractivity contribution in [3.63, 3.8) is 0 Å². The molecule has 0 saturated carbocycles. The molecule has 2 atom stereocenters. The van der Waals surface area contributed by atoms with Crippen LogP contribution < -0.4 is 0 Å². The molecule has 0 spiro atoms. The number of rotatable bonds is 1. The van der Waals surface area contributed by atoms with Gasteiger partial charge in [-0.25, -0.2) is 0 Å². The van der Waals surface area contributed by atoms with Gasteiger partial charge in [-0.15, -0.1) is 0 Å². The zero-order valence-electron chi connectivity index (χ0n) is 11.9. The first-order chi connectivity index (χ1) is 10.7. The molecule has 1 unspecified atom stereocenters. The highest BCUT2D eigenvalue weighted by molar-refractivity contribution is 6.00. The van der Waals surface area contributed by atoms with E-state index in [-0.39, 0.29) is 18.4 Å². The van der Waals surface area contributed by atoms with Crippen molar-refractivity contribution in [2.75, 3.05) is 6.54 Å². The topological polar surface area (TPSA) is 57.6 Å². The summed E-state index contributed by atoms with van der Waals surface area (Å²) < 4.78 is 0. The third-order valence-electron chi connectivity index (χ3n) is 4.67. The lowest BCUT2D eigenvalue weighted by atomic mass is 9.76. The molecule has 0 radical (unpaired) electrons. The Morgan fingerprint density at radius 1 is 1.00 bits per heavy atom. The van der Waals surface area contributed by atoms with E-state index in [9.17, 15) is 14.7 Å². The Labute approximate surface area is 128 Å². The van der Waals surface area contributed by atoms with E-state index < -0.39 is 11.9 Å². The van der Waals surface area contributed by atoms with Crippen LogP contribution in [0, 0.1) is 0 Å². The summed E-state index contributed by atoms with van der Waals surface area (Å²) in [4.78, 5) is 26.3. The molecule has 0 fully saturated rings. The van der Waals surface area contributed by atoms with Crippen LogP contribution in [0.2, 0.25) is 0 Å². The minimum absolute atomic E-state index is 0.0652. The van der Waals surface area contributed by atoms with Gasteiger partial charge in [0, 0.05) is 12.1 Å². The van der Waals surface area contributed by atoms with Crippen molar-refractivity contribution in [2.45, 2.75) is 18.5 Å². The second kappa shape index (κ2) is 4.78. The fourth-order valence-corrected chi connectivity index (χ4v) is 3.76. The molecule has 1 N–H and O–H groups in total. The minimum atomic E-state index is -0.841. The molecule has 0 saturated heterocycles. The summed E-state index contributed by atoms with van der Waals surface area (Å²) in [6, 6.07) is 14.7. The number of hydrogen-bond donors (Lipinski definition) is 1. The molecule has 0 aromatic heterocycles. The number of carbonyl (C=O) groups excluding carboxylic acids is 1. The van der Waals surface area contributed by atoms with Gasteiger partial charge in [-0.1, -0.05) is 48.5 Å². The van der Waals surface area contributed by atoms with Crippen LogP contribution in [0.3, 0.4) is 0 Å². The van der Waals surface area contributed by atoms with Crippen molar-refractivity contribution < 1.29 is 14.7 Å². The van der Waals surface area contributed by atoms with Crippen LogP contribution in [0.5, 0.6) is 0 Å². The SMILES string of the molecule is O=C1CN2Cc3ccccc3[C@H](C(=O)O)C2c2ccccc21. The Kier molecular flexibility index (Phi) is 2.87. The van der Waals surface area contributed by atoms with E-state index >= 15 is 0 Å². The number of hydrogen-bond acceptors (Lipinski definition) is 3. The maximum absolute atomic E-state index is 12.3. The third-order valence-corrected chi connectivity index (χ3v) is 4.67. The van der Waals surface area contributed by atoms with Gasteiger partial charge in [0.05, 0.1) is 12.6 Å². The molecule has 4 nitrogen and oxygen atoms in total. The van der Waals surface area contributed by atoms with Crippen LogP contribution in [0.4, 0.5) is 0 Å². The number of benzene rings is 2. The first-order valence-electron chi connectivity index (χ1n) is 7.33. The summed E-state index contributed by atoms with van der Waals surface area (Å²) in [5.41, 5.74) is 3.36. The van der Waals surface area contributed by atoms with Gasteiger partial charge in [0.25, 0.3) is 0 Å². The van der Waals surface area contributed by atoms with Gasteiger partial charge in [-0.3, -0.25) is 14.5 Å². The van der Waals surface area contributed by atoms with E-state index in [4.69, 9.17) is 0 Å². The molecule has 2 aliphatic rings. The number of aliphatic carboxylic acids is 1. The van der Waals surface area contributed by atoms with Crippen molar-refractivity contribution in [1.82, 2.24) is 4.90 Å². The van der Waals surface area contributed by atoms with E-state index in [0.717, 1.165) is 16.7 Å². The minimum Gasteiger partial charge on any atom is -0.481 e. The maximum Gasteiger partial charge on any atom is 0.312 e. The summed E-state index contributed by atoms with van der Waals surface area (Å²) in [6.07, 6.45) is 0. The summed E-state index contributed by atoms with van der Waals surface area (Å²) in [7, 11) is 0. The predicted molar refractivity (Wildman–Crippen MR) is 80.7 cm³/mol. The van der Waals surface area contributed by atoms with E-state index in [0.29, 0.717) is 12.1 Å². The lowest BCUT2D eigenvalue weighted by Crippen LogP contribution is -2.46. The molecule has 2 aromatic carbocycles. The molecule has 0 bridgehead atoms. The van der Waals surface area contributed by atoms with E-state index in [1.165, 1.54) is 0 Å². The summed E-state index contributed by atoms with van der Waals surface area (Å²) in [5, 5.41) is 9.80. The van der Waals surface area contributed by atoms with Crippen LogP contribution in [-0.4, -0.2) is 28.3 Å². The van der Waals surface area contributed by atoms with Gasteiger partial charge < -0.3 is 5.11 Å². The largest absolute Gasteiger partial charge is 0.481 e. The second-order valence-corrected chi connectivity index (χ2v) is 5.87. The summed E-state index contributed by atoms with van der Waals surface area (Å²) >= 11 is 0. The van der Waals surface area contributed by atoms with Crippen molar-refractivity contribution in [2.24, 2.45) is 0 Å². The lowest BCUT2D eigenvalue weighted by Gasteiger charge is -2.43. The van der Waals surface area contributed by atoms with Crippen molar-refractivity contribution in [1.29, 1.82) is 0 Å². The molecule has 0 amide bonds. The number of carboxylic acids is 1. The normalized spacial score (nSPS) is 23.4. The average Bonchev–Trinajstić information content (AvgIpc) is 2.53. The van der Waals surface area contributed by atoms with Crippen molar-refractivity contribution in [3.05, 3.63) is 70.8 Å². The highest BCUT2D eigenvalue weighted by Crippen LogP contribution is 2.45. The smallest absolute Gasteiger partial charge is 0.312 e. The number of Topliss-reactive ketones (excluding diaryl/α,β-unsaturated/α-hetero) is 1. The van der Waals surface area contributed by atoms with Crippen LogP contribution >= 0.6 is 0 Å². The quantitative estimate of drug-likeness (QED) is 0.878. The summed E-state index contributed by atoms with van der Waals surface area (Å²) in [5.74, 6) is -1.42. The Bertz CT molecular complexity index is 783. The fraction of sp³-hybridized carbons (Fsp3) is 0.222. The number of carbonyl (C=O) groups is 2. The van der Waals surface area contributed by atoms with Crippen LogP contribution in [0.15, 0.2) is 48.5 Å². The predicted octanol–water partition coefficient (Wildman–Crippen LogP) is 2.61. The van der Waals surface area contributed by atoms with Gasteiger partial charge >= 0.3 is 5.97 Å². The second-order valence-electron chi connectivity index (χ2n) is 5.87. The zero-order chi connectivity index (χ0) is 15.3. The number of nitrogens with zero attached hydrogens (tertiary/aromatic N) is 1. The van der Waals surface area contributed by atoms with Gasteiger partial charge in [-0.05, 0) is 16.7 Å². The molecule has 4 heteroatoms. The molecule has 0 aliphatic carbocycles. The number of carboxylic acid groups (broad SMARTS) is 1. The van der Waals surface area contributed by atoms with Gasteiger partial charge in [0.2, 0.25) is 0 Å². The van der Waals surface area contributed by atoms with E-state index in [1.54, 1.807) is 6.07 Å². The van der Waals surface area contributed by atoms with E-state index in [1.807, 2.05) is 47.4 Å². The number of ketones is 1. The molecule has 22 heavy (non-hydrogen) atoms. The van der Waals surface area contributed by atoms with Gasteiger partial charge in [0.1, 0.15) is 5.92 Å². The molecule has 4 rings (SSSR count). The maximum atomic E-state index is 12.3. The molecular formula is C18H15NO3. The lowest BCUT2D eigenvalue weighted by molar-refractivity contribution is -0.141. The molecule has 110 valence electrons. The molecule has 2 heterocycles. The fourth-order valence-electron chi connectivity index (χ4n) is 3.76. The Hall–Kier alpha value is -2.46. The first kappa shape index (κ1) is 13.2. The van der Waals surface area contributed by atoms with Crippen molar-refractivity contribution in [3.8, 4) is 0 Å².